The van der Waals surface area contributed by atoms with Crippen LogP contribution in [-0.2, 0) is 0 Å². The molecule has 0 aliphatic heterocycles. The lowest BCUT2D eigenvalue weighted by Crippen LogP contribution is -2.16. The van der Waals surface area contributed by atoms with Gasteiger partial charge in [0.05, 0.1) is 6.61 Å². The van der Waals surface area contributed by atoms with Crippen molar-refractivity contribution in [3.05, 3.63) is 29.3 Å². The molecule has 0 fully saturated rings. The number of hydrogen-bond acceptors (Lipinski definition) is 2. The van der Waals surface area contributed by atoms with E-state index in [0.29, 0.717) is 11.8 Å². The largest absolute Gasteiger partial charge is 0.493 e. The van der Waals surface area contributed by atoms with E-state index >= 15 is 0 Å². The minimum absolute atomic E-state index is 0. The predicted octanol–water partition coefficient (Wildman–Crippen LogP) is 4.69. The fraction of sp³-hybridized carbons (Fsp3) is 0.647. The topological polar surface area (TPSA) is 12.5 Å². The van der Waals surface area contributed by atoms with Gasteiger partial charge in [-0.3, -0.25) is 0 Å². The predicted molar refractivity (Wildman–Crippen MR) is 90.5 cm³/mol. The number of para-hydroxylation sites is 1. The molecule has 0 amide bonds. The van der Waals surface area contributed by atoms with Crippen LogP contribution in [0.3, 0.4) is 0 Å². The van der Waals surface area contributed by atoms with Crippen LogP contribution in [0, 0.1) is 0 Å². The van der Waals surface area contributed by atoms with Crippen molar-refractivity contribution in [1.82, 2.24) is 4.90 Å². The quantitative estimate of drug-likeness (QED) is 0.678. The van der Waals surface area contributed by atoms with Crippen LogP contribution in [0.5, 0.6) is 5.75 Å². The molecule has 0 N–H and O–H groups in total. The molecule has 0 radical (unpaired) electrons. The molecule has 1 rings (SSSR count). The lowest BCUT2D eigenvalue weighted by Gasteiger charge is -2.20. The van der Waals surface area contributed by atoms with Crippen LogP contribution in [0.25, 0.3) is 0 Å². The second kappa shape index (κ2) is 9.25. The number of halogens is 1. The molecule has 116 valence electrons. The molecule has 0 atom stereocenters. The maximum atomic E-state index is 6.11. The van der Waals surface area contributed by atoms with Gasteiger partial charge in [-0.15, -0.1) is 12.4 Å². The van der Waals surface area contributed by atoms with Gasteiger partial charge < -0.3 is 9.64 Å². The van der Waals surface area contributed by atoms with E-state index in [1.165, 1.54) is 11.1 Å². The van der Waals surface area contributed by atoms with E-state index in [2.05, 4.69) is 64.9 Å². The zero-order valence-electron chi connectivity index (χ0n) is 13.8. The van der Waals surface area contributed by atoms with Gasteiger partial charge in [0.1, 0.15) is 5.75 Å². The van der Waals surface area contributed by atoms with Crippen LogP contribution < -0.4 is 4.74 Å². The molecule has 0 heterocycles. The molecule has 1 aromatic carbocycles. The van der Waals surface area contributed by atoms with E-state index in [1.54, 1.807) is 0 Å². The van der Waals surface area contributed by atoms with E-state index in [0.717, 1.165) is 25.3 Å². The second-order valence-electron chi connectivity index (χ2n) is 6.08. The zero-order chi connectivity index (χ0) is 14.4. The first-order valence-electron chi connectivity index (χ1n) is 7.33. The normalized spacial score (nSPS) is 11.1. The summed E-state index contributed by atoms with van der Waals surface area (Å²) >= 11 is 0. The molecule has 0 bridgehead atoms. The highest BCUT2D eigenvalue weighted by molar-refractivity contribution is 5.85. The van der Waals surface area contributed by atoms with Crippen LogP contribution in [0.2, 0.25) is 0 Å². The minimum atomic E-state index is 0. The molecule has 2 nitrogen and oxygen atoms in total. The van der Waals surface area contributed by atoms with Gasteiger partial charge >= 0.3 is 0 Å². The summed E-state index contributed by atoms with van der Waals surface area (Å²) in [4.78, 5) is 2.20. The smallest absolute Gasteiger partial charge is 0.126 e. The van der Waals surface area contributed by atoms with E-state index in [9.17, 15) is 0 Å². The third-order valence-electron chi connectivity index (χ3n) is 3.32. The van der Waals surface area contributed by atoms with Gasteiger partial charge in [-0.25, -0.2) is 0 Å². The van der Waals surface area contributed by atoms with Crippen molar-refractivity contribution in [2.75, 3.05) is 27.2 Å². The maximum Gasteiger partial charge on any atom is 0.126 e. The Morgan fingerprint density at radius 3 is 1.90 bits per heavy atom. The molecule has 0 saturated heterocycles. The van der Waals surface area contributed by atoms with Gasteiger partial charge in [-0.2, -0.15) is 0 Å². The lowest BCUT2D eigenvalue weighted by atomic mass is 9.94. The standard InChI is InChI=1S/C17H29NO.ClH/c1-13(2)15-9-7-10-16(14(3)4)17(15)19-12-8-11-18(5)6;/h7,9-10,13-14H,8,11-12H2,1-6H3;1H. The summed E-state index contributed by atoms with van der Waals surface area (Å²) in [5.74, 6) is 2.12. The highest BCUT2D eigenvalue weighted by Gasteiger charge is 2.14. The summed E-state index contributed by atoms with van der Waals surface area (Å²) in [6.07, 6.45) is 1.07. The van der Waals surface area contributed by atoms with Crippen molar-refractivity contribution < 1.29 is 4.74 Å². The highest BCUT2D eigenvalue weighted by Crippen LogP contribution is 2.34. The summed E-state index contributed by atoms with van der Waals surface area (Å²) in [7, 11) is 4.20. The van der Waals surface area contributed by atoms with Crippen molar-refractivity contribution in [2.45, 2.75) is 46.0 Å². The van der Waals surface area contributed by atoms with Gasteiger partial charge in [0.25, 0.3) is 0 Å². The summed E-state index contributed by atoms with van der Waals surface area (Å²) in [6.45, 7) is 10.8. The summed E-state index contributed by atoms with van der Waals surface area (Å²) in [5.41, 5.74) is 2.66. The summed E-state index contributed by atoms with van der Waals surface area (Å²) < 4.78 is 6.11. The van der Waals surface area contributed by atoms with Crippen molar-refractivity contribution in [3.63, 3.8) is 0 Å². The third kappa shape index (κ3) is 5.72. The molecule has 0 aliphatic carbocycles. The number of ether oxygens (including phenoxy) is 1. The van der Waals surface area contributed by atoms with Gasteiger partial charge in [0, 0.05) is 6.54 Å². The summed E-state index contributed by atoms with van der Waals surface area (Å²) in [5, 5.41) is 0. The highest BCUT2D eigenvalue weighted by atomic mass is 35.5. The van der Waals surface area contributed by atoms with Gasteiger partial charge in [-0.05, 0) is 43.5 Å². The van der Waals surface area contributed by atoms with Crippen molar-refractivity contribution >= 4 is 12.4 Å². The van der Waals surface area contributed by atoms with Gasteiger partial charge in [-0.1, -0.05) is 45.9 Å². The van der Waals surface area contributed by atoms with E-state index < -0.39 is 0 Å². The Morgan fingerprint density at radius 2 is 1.50 bits per heavy atom. The van der Waals surface area contributed by atoms with E-state index in [-0.39, 0.29) is 12.4 Å². The SMILES string of the molecule is CC(C)c1cccc(C(C)C)c1OCCCN(C)C.Cl. The van der Waals surface area contributed by atoms with E-state index in [4.69, 9.17) is 4.74 Å². The lowest BCUT2D eigenvalue weighted by molar-refractivity contribution is 0.276. The first-order chi connectivity index (χ1) is 8.93. The van der Waals surface area contributed by atoms with Crippen LogP contribution in [0.1, 0.15) is 57.1 Å². The average Bonchev–Trinajstić information content (AvgIpc) is 2.33. The Bertz CT molecular complexity index is 362. The molecule has 1 aromatic rings. The number of hydrogen-bond donors (Lipinski definition) is 0. The number of rotatable bonds is 7. The molecule has 0 unspecified atom stereocenters. The molecule has 3 heteroatoms. The van der Waals surface area contributed by atoms with Crippen LogP contribution in [0.15, 0.2) is 18.2 Å². The van der Waals surface area contributed by atoms with Crippen LogP contribution in [-0.4, -0.2) is 32.1 Å². The Balaban J connectivity index is 0.00000361. The summed E-state index contributed by atoms with van der Waals surface area (Å²) in [6, 6.07) is 6.53. The molecule has 0 aromatic heterocycles. The van der Waals surface area contributed by atoms with Gasteiger partial charge in [0.2, 0.25) is 0 Å². The first kappa shape index (κ1) is 19.3. The Kier molecular flexibility index (Phi) is 8.91. The van der Waals surface area contributed by atoms with E-state index in [1.807, 2.05) is 0 Å². The monoisotopic (exact) mass is 299 g/mol. The molecule has 0 spiro atoms. The Morgan fingerprint density at radius 1 is 1.00 bits per heavy atom. The molecule has 20 heavy (non-hydrogen) atoms. The number of benzene rings is 1. The minimum Gasteiger partial charge on any atom is -0.493 e. The van der Waals surface area contributed by atoms with Crippen molar-refractivity contribution in [1.29, 1.82) is 0 Å². The fourth-order valence-electron chi connectivity index (χ4n) is 2.20. The maximum absolute atomic E-state index is 6.11. The Hall–Kier alpha value is -0.730. The van der Waals surface area contributed by atoms with Crippen LogP contribution >= 0.6 is 12.4 Å². The Labute approximate surface area is 130 Å². The molecule has 0 saturated carbocycles. The zero-order valence-corrected chi connectivity index (χ0v) is 14.6. The second-order valence-corrected chi connectivity index (χ2v) is 6.08. The molecular formula is C17H30ClNO. The molecule has 0 aliphatic rings. The van der Waals surface area contributed by atoms with Crippen molar-refractivity contribution in [2.24, 2.45) is 0 Å². The van der Waals surface area contributed by atoms with Crippen molar-refractivity contribution in [3.8, 4) is 5.75 Å². The first-order valence-corrected chi connectivity index (χ1v) is 7.33. The fourth-order valence-corrected chi connectivity index (χ4v) is 2.20. The van der Waals surface area contributed by atoms with Gasteiger partial charge in [0.15, 0.2) is 0 Å². The van der Waals surface area contributed by atoms with Crippen LogP contribution in [0.4, 0.5) is 0 Å². The third-order valence-corrected chi connectivity index (χ3v) is 3.32. The average molecular weight is 300 g/mol. The molecular weight excluding hydrogens is 270 g/mol. The number of nitrogens with zero attached hydrogens (tertiary/aromatic N) is 1.